The summed E-state index contributed by atoms with van der Waals surface area (Å²) in [5, 5.41) is 3.54. The summed E-state index contributed by atoms with van der Waals surface area (Å²) in [6.45, 7) is 2.24. The smallest absolute Gasteiger partial charge is 0.321 e. The molecule has 0 aliphatic carbocycles. The maximum atomic E-state index is 12.5. The lowest BCUT2D eigenvalue weighted by atomic mass is 10.0. The summed E-state index contributed by atoms with van der Waals surface area (Å²) >= 11 is 5.96. The minimum atomic E-state index is -0.0821. The van der Waals surface area contributed by atoms with Gasteiger partial charge in [-0.1, -0.05) is 48.0 Å². The Bertz CT molecular complexity index is 677. The predicted octanol–water partition coefficient (Wildman–Crippen LogP) is 3.86. The number of piperazine rings is 1. The fourth-order valence-electron chi connectivity index (χ4n) is 2.86. The monoisotopic (exact) mass is 329 g/mol. The van der Waals surface area contributed by atoms with Gasteiger partial charge in [0.15, 0.2) is 0 Å². The van der Waals surface area contributed by atoms with E-state index in [-0.39, 0.29) is 12.1 Å². The van der Waals surface area contributed by atoms with Gasteiger partial charge in [-0.15, -0.1) is 0 Å². The summed E-state index contributed by atoms with van der Waals surface area (Å²) in [5.41, 5.74) is 1.95. The molecule has 1 fully saturated rings. The van der Waals surface area contributed by atoms with E-state index in [2.05, 4.69) is 29.4 Å². The SMILES string of the molecule is CN1CCN(C(=O)Nc2cccc(Cl)c2)CC1c1ccccc1. The van der Waals surface area contributed by atoms with Gasteiger partial charge in [0.2, 0.25) is 0 Å². The second-order valence-corrected chi connectivity index (χ2v) is 6.23. The highest BCUT2D eigenvalue weighted by Gasteiger charge is 2.28. The van der Waals surface area contributed by atoms with E-state index >= 15 is 0 Å². The molecule has 1 aliphatic rings. The molecule has 1 saturated heterocycles. The summed E-state index contributed by atoms with van der Waals surface area (Å²) in [6, 6.07) is 17.7. The van der Waals surface area contributed by atoms with Crippen LogP contribution in [0.15, 0.2) is 54.6 Å². The number of rotatable bonds is 2. The number of nitrogens with zero attached hydrogens (tertiary/aromatic N) is 2. The maximum Gasteiger partial charge on any atom is 0.321 e. The molecular formula is C18H20ClN3O. The third kappa shape index (κ3) is 3.84. The Morgan fingerprint density at radius 1 is 1.13 bits per heavy atom. The van der Waals surface area contributed by atoms with Crippen LogP contribution in [0.5, 0.6) is 0 Å². The zero-order valence-corrected chi connectivity index (χ0v) is 13.8. The van der Waals surface area contributed by atoms with Crippen molar-refractivity contribution in [1.82, 2.24) is 9.80 Å². The Morgan fingerprint density at radius 3 is 2.65 bits per heavy atom. The highest BCUT2D eigenvalue weighted by molar-refractivity contribution is 6.30. The van der Waals surface area contributed by atoms with Crippen molar-refractivity contribution in [2.75, 3.05) is 32.0 Å². The summed E-state index contributed by atoms with van der Waals surface area (Å²) in [5.74, 6) is 0. The molecule has 1 N–H and O–H groups in total. The zero-order valence-electron chi connectivity index (χ0n) is 13.1. The molecule has 1 heterocycles. The summed E-state index contributed by atoms with van der Waals surface area (Å²) in [6.07, 6.45) is 0. The van der Waals surface area contributed by atoms with Crippen molar-refractivity contribution in [3.63, 3.8) is 0 Å². The van der Waals surface area contributed by atoms with Crippen LogP contribution < -0.4 is 5.32 Å². The van der Waals surface area contributed by atoms with Crippen molar-refractivity contribution in [3.05, 3.63) is 65.2 Å². The first-order valence-corrected chi connectivity index (χ1v) is 8.08. The third-order valence-electron chi connectivity index (χ3n) is 4.20. The number of likely N-dealkylation sites (N-methyl/N-ethyl adjacent to an activating group) is 1. The largest absolute Gasteiger partial charge is 0.321 e. The van der Waals surface area contributed by atoms with Gasteiger partial charge in [0.25, 0.3) is 0 Å². The molecule has 3 rings (SSSR count). The van der Waals surface area contributed by atoms with Gasteiger partial charge in [0, 0.05) is 30.3 Å². The molecule has 120 valence electrons. The molecular weight excluding hydrogens is 310 g/mol. The molecule has 0 spiro atoms. The normalized spacial score (nSPS) is 18.7. The Balaban J connectivity index is 1.69. The highest BCUT2D eigenvalue weighted by Crippen LogP contribution is 2.24. The van der Waals surface area contributed by atoms with Crippen molar-refractivity contribution in [3.8, 4) is 0 Å². The van der Waals surface area contributed by atoms with Crippen molar-refractivity contribution < 1.29 is 4.79 Å². The van der Waals surface area contributed by atoms with Gasteiger partial charge in [-0.25, -0.2) is 4.79 Å². The van der Waals surface area contributed by atoms with Gasteiger partial charge in [-0.05, 0) is 30.8 Å². The first-order chi connectivity index (χ1) is 11.1. The van der Waals surface area contributed by atoms with Crippen LogP contribution in [-0.4, -0.2) is 42.5 Å². The van der Waals surface area contributed by atoms with Crippen LogP contribution in [0.2, 0.25) is 5.02 Å². The molecule has 2 aromatic rings. The van der Waals surface area contributed by atoms with E-state index in [0.717, 1.165) is 12.2 Å². The minimum absolute atomic E-state index is 0.0821. The predicted molar refractivity (Wildman–Crippen MR) is 93.9 cm³/mol. The number of hydrogen-bond donors (Lipinski definition) is 1. The Hall–Kier alpha value is -2.04. The van der Waals surface area contributed by atoms with Gasteiger partial charge >= 0.3 is 6.03 Å². The van der Waals surface area contributed by atoms with E-state index in [1.807, 2.05) is 35.2 Å². The first-order valence-electron chi connectivity index (χ1n) is 7.70. The quantitative estimate of drug-likeness (QED) is 0.908. The molecule has 0 saturated carbocycles. The molecule has 0 radical (unpaired) electrons. The van der Waals surface area contributed by atoms with Crippen LogP contribution >= 0.6 is 11.6 Å². The number of nitrogens with one attached hydrogen (secondary N) is 1. The number of halogens is 1. The number of hydrogen-bond acceptors (Lipinski definition) is 2. The van der Waals surface area contributed by atoms with Crippen molar-refractivity contribution in [1.29, 1.82) is 0 Å². The lowest BCUT2D eigenvalue weighted by molar-refractivity contribution is 0.116. The molecule has 23 heavy (non-hydrogen) atoms. The Morgan fingerprint density at radius 2 is 1.91 bits per heavy atom. The van der Waals surface area contributed by atoms with Gasteiger partial charge in [0.1, 0.15) is 0 Å². The third-order valence-corrected chi connectivity index (χ3v) is 4.43. The second kappa shape index (κ2) is 7.02. The van der Waals surface area contributed by atoms with Crippen LogP contribution in [0.1, 0.15) is 11.6 Å². The summed E-state index contributed by atoms with van der Waals surface area (Å²) < 4.78 is 0. The highest BCUT2D eigenvalue weighted by atomic mass is 35.5. The molecule has 1 atom stereocenters. The van der Waals surface area contributed by atoms with E-state index in [4.69, 9.17) is 11.6 Å². The van der Waals surface area contributed by atoms with Crippen LogP contribution in [-0.2, 0) is 0 Å². The standard InChI is InChI=1S/C18H20ClN3O/c1-21-10-11-22(13-17(21)14-6-3-2-4-7-14)18(23)20-16-9-5-8-15(19)12-16/h2-9,12,17H,10-11,13H2,1H3,(H,20,23). The minimum Gasteiger partial charge on any atom is -0.321 e. The fourth-order valence-corrected chi connectivity index (χ4v) is 3.05. The number of amides is 2. The lowest BCUT2D eigenvalue weighted by Gasteiger charge is -2.39. The van der Waals surface area contributed by atoms with Gasteiger partial charge in [-0.3, -0.25) is 4.90 Å². The van der Waals surface area contributed by atoms with Crippen LogP contribution in [0.25, 0.3) is 0 Å². The van der Waals surface area contributed by atoms with Crippen LogP contribution in [0.4, 0.5) is 10.5 Å². The molecule has 4 nitrogen and oxygen atoms in total. The lowest BCUT2D eigenvalue weighted by Crippen LogP contribution is -2.50. The average molecular weight is 330 g/mol. The molecule has 0 aromatic heterocycles. The molecule has 1 unspecified atom stereocenters. The van der Waals surface area contributed by atoms with Crippen molar-refractivity contribution >= 4 is 23.3 Å². The topological polar surface area (TPSA) is 35.6 Å². The first kappa shape index (κ1) is 15.8. The number of carbonyl (C=O) groups is 1. The van der Waals surface area contributed by atoms with E-state index in [0.29, 0.717) is 18.1 Å². The van der Waals surface area contributed by atoms with E-state index in [1.54, 1.807) is 12.1 Å². The Labute approximate surface area is 141 Å². The summed E-state index contributed by atoms with van der Waals surface area (Å²) in [7, 11) is 2.10. The van der Waals surface area contributed by atoms with E-state index < -0.39 is 0 Å². The van der Waals surface area contributed by atoms with Crippen LogP contribution in [0, 0.1) is 0 Å². The second-order valence-electron chi connectivity index (χ2n) is 5.79. The van der Waals surface area contributed by atoms with Crippen molar-refractivity contribution in [2.24, 2.45) is 0 Å². The number of benzene rings is 2. The molecule has 1 aliphatic heterocycles. The number of carbonyl (C=O) groups excluding carboxylic acids is 1. The number of anilines is 1. The van der Waals surface area contributed by atoms with Gasteiger partial charge in [0.05, 0.1) is 6.04 Å². The number of urea groups is 1. The van der Waals surface area contributed by atoms with Gasteiger partial charge in [-0.2, -0.15) is 0 Å². The van der Waals surface area contributed by atoms with Crippen LogP contribution in [0.3, 0.4) is 0 Å². The fraction of sp³-hybridized carbons (Fsp3) is 0.278. The average Bonchev–Trinajstić information content (AvgIpc) is 2.56. The zero-order chi connectivity index (χ0) is 16.2. The maximum absolute atomic E-state index is 12.5. The molecule has 2 aromatic carbocycles. The van der Waals surface area contributed by atoms with Crippen molar-refractivity contribution in [2.45, 2.75) is 6.04 Å². The molecule has 5 heteroatoms. The van der Waals surface area contributed by atoms with E-state index in [9.17, 15) is 4.79 Å². The molecule has 0 bridgehead atoms. The molecule has 2 amide bonds. The summed E-state index contributed by atoms with van der Waals surface area (Å²) in [4.78, 5) is 16.7. The van der Waals surface area contributed by atoms with Gasteiger partial charge < -0.3 is 10.2 Å². The Kier molecular flexibility index (Phi) is 4.84. The van der Waals surface area contributed by atoms with E-state index in [1.165, 1.54) is 5.56 Å².